The molecule has 0 spiro atoms. The van der Waals surface area contributed by atoms with Crippen molar-refractivity contribution < 1.29 is 42.9 Å². The van der Waals surface area contributed by atoms with E-state index in [4.69, 9.17) is 23.7 Å². The van der Waals surface area contributed by atoms with Crippen LogP contribution in [0.15, 0.2) is 30.0 Å². The van der Waals surface area contributed by atoms with E-state index in [0.29, 0.717) is 49.8 Å². The Kier molecular flexibility index (Phi) is 10.9. The SMILES string of the molecule is CCOC(=O)N1CCN(C(=O)C[C@H]2C[C@]3(C(=O)OC)C(=C[C@@H](C(C)(C)C)O[C@H]3C)N(CCc3ccc(OC)c(OC)c3)C2=O)CC1. The molecule has 1 aromatic rings. The Labute approximate surface area is 271 Å². The van der Waals surface area contributed by atoms with Gasteiger partial charge in [0.2, 0.25) is 11.8 Å². The number of piperidine rings is 1. The first-order valence-corrected chi connectivity index (χ1v) is 16.0. The van der Waals surface area contributed by atoms with Crippen LogP contribution in [-0.4, -0.2) is 111 Å². The van der Waals surface area contributed by atoms with Crippen LogP contribution in [0.3, 0.4) is 0 Å². The second-order valence-electron chi connectivity index (χ2n) is 13.2. The van der Waals surface area contributed by atoms with E-state index < -0.39 is 29.5 Å². The number of likely N-dealkylation sites (tertiary alicyclic amines) is 1. The largest absolute Gasteiger partial charge is 0.493 e. The molecule has 4 rings (SSSR count). The number of benzene rings is 1. The first-order valence-electron chi connectivity index (χ1n) is 16.0. The van der Waals surface area contributed by atoms with E-state index in [9.17, 15) is 19.2 Å². The van der Waals surface area contributed by atoms with Crippen molar-refractivity contribution in [3.8, 4) is 11.5 Å². The molecule has 0 saturated carbocycles. The zero-order chi connectivity index (χ0) is 33.8. The standard InChI is InChI=1S/C34H49N3O9/c1-9-45-32(41)36-16-14-35(15-17-36)29(38)19-24-21-34(31(40)44-8)22(2)46-28(33(3,4)5)20-27(34)37(30(24)39)13-12-23-10-11-25(42-6)26(18-23)43-7/h10-11,18,20,22,24,28H,9,12-17,19,21H2,1-8H3/t22-,24-,28-,34+/m0/s1. The molecule has 3 amide bonds. The van der Waals surface area contributed by atoms with Crippen LogP contribution >= 0.6 is 0 Å². The van der Waals surface area contributed by atoms with Crippen molar-refractivity contribution in [2.24, 2.45) is 16.7 Å². The number of nitrogens with zero attached hydrogens (tertiary/aromatic N) is 3. The molecule has 12 nitrogen and oxygen atoms in total. The summed E-state index contributed by atoms with van der Waals surface area (Å²) in [5.74, 6) is -0.525. The molecule has 0 aromatic heterocycles. The third kappa shape index (κ3) is 6.96. The summed E-state index contributed by atoms with van der Waals surface area (Å²) >= 11 is 0. The fourth-order valence-electron chi connectivity index (χ4n) is 6.64. The van der Waals surface area contributed by atoms with Crippen LogP contribution < -0.4 is 9.47 Å². The second-order valence-corrected chi connectivity index (χ2v) is 13.2. The Balaban J connectivity index is 1.66. The number of methoxy groups -OCH3 is 3. The molecule has 4 atom stereocenters. The molecule has 3 aliphatic rings. The minimum atomic E-state index is -1.28. The molecule has 0 bridgehead atoms. The van der Waals surface area contributed by atoms with E-state index in [1.165, 1.54) is 7.11 Å². The molecule has 12 heteroatoms. The minimum absolute atomic E-state index is 0.0768. The molecule has 46 heavy (non-hydrogen) atoms. The summed E-state index contributed by atoms with van der Waals surface area (Å²) in [6, 6.07) is 5.61. The molecule has 3 heterocycles. The van der Waals surface area contributed by atoms with Crippen molar-refractivity contribution in [2.75, 3.05) is 60.7 Å². The summed E-state index contributed by atoms with van der Waals surface area (Å²) in [7, 11) is 4.48. The lowest BCUT2D eigenvalue weighted by atomic mass is 9.65. The summed E-state index contributed by atoms with van der Waals surface area (Å²) in [6.45, 7) is 11.7. The smallest absolute Gasteiger partial charge is 0.409 e. The average Bonchev–Trinajstić information content (AvgIpc) is 3.04. The molecule has 0 radical (unpaired) electrons. The van der Waals surface area contributed by atoms with Crippen LogP contribution in [0, 0.1) is 16.7 Å². The van der Waals surface area contributed by atoms with E-state index in [1.807, 2.05) is 52.0 Å². The monoisotopic (exact) mass is 643 g/mol. The van der Waals surface area contributed by atoms with Crippen molar-refractivity contribution in [1.29, 1.82) is 0 Å². The maximum absolute atomic E-state index is 14.4. The first kappa shape index (κ1) is 35.1. The van der Waals surface area contributed by atoms with Crippen LogP contribution in [0.5, 0.6) is 11.5 Å². The number of esters is 1. The highest BCUT2D eigenvalue weighted by Crippen LogP contribution is 2.52. The van der Waals surface area contributed by atoms with Crippen LogP contribution in [0.2, 0.25) is 0 Å². The summed E-state index contributed by atoms with van der Waals surface area (Å²) in [6.07, 6.45) is 0.993. The van der Waals surface area contributed by atoms with Gasteiger partial charge in [-0.3, -0.25) is 14.4 Å². The Morgan fingerprint density at radius 2 is 1.65 bits per heavy atom. The van der Waals surface area contributed by atoms with Crippen molar-refractivity contribution >= 4 is 23.9 Å². The normalized spacial score (nSPS) is 25.0. The molecular weight excluding hydrogens is 594 g/mol. The van der Waals surface area contributed by atoms with Gasteiger partial charge in [-0.1, -0.05) is 26.8 Å². The lowest BCUT2D eigenvalue weighted by molar-refractivity contribution is -0.180. The van der Waals surface area contributed by atoms with E-state index in [0.717, 1.165) is 5.56 Å². The molecule has 0 unspecified atom stereocenters. The van der Waals surface area contributed by atoms with Gasteiger partial charge in [0.1, 0.15) is 5.41 Å². The van der Waals surface area contributed by atoms with Crippen molar-refractivity contribution in [3.05, 3.63) is 35.5 Å². The Hall–Kier alpha value is -3.80. The summed E-state index contributed by atoms with van der Waals surface area (Å²) < 4.78 is 27.8. The Morgan fingerprint density at radius 1 is 1.00 bits per heavy atom. The molecular formula is C34H49N3O9. The Bertz CT molecular complexity index is 1330. The number of hydrogen-bond acceptors (Lipinski definition) is 9. The number of piperazine rings is 1. The molecule has 0 N–H and O–H groups in total. The van der Waals surface area contributed by atoms with Crippen LogP contribution in [0.4, 0.5) is 4.79 Å². The van der Waals surface area contributed by atoms with Crippen LogP contribution in [-0.2, 0) is 35.0 Å². The lowest BCUT2D eigenvalue weighted by Crippen LogP contribution is -2.61. The maximum atomic E-state index is 14.4. The summed E-state index contributed by atoms with van der Waals surface area (Å²) in [5.41, 5.74) is -0.106. The number of carbonyl (C=O) groups is 4. The zero-order valence-electron chi connectivity index (χ0n) is 28.4. The third-order valence-electron chi connectivity index (χ3n) is 9.34. The fraction of sp³-hybridized carbons (Fsp3) is 0.647. The highest BCUT2D eigenvalue weighted by molar-refractivity contribution is 5.93. The number of amides is 3. The van der Waals surface area contributed by atoms with Crippen LogP contribution in [0.1, 0.15) is 53.0 Å². The van der Waals surface area contributed by atoms with Gasteiger partial charge < -0.3 is 38.4 Å². The fourth-order valence-corrected chi connectivity index (χ4v) is 6.64. The third-order valence-corrected chi connectivity index (χ3v) is 9.34. The quantitative estimate of drug-likeness (QED) is 0.371. The molecule has 1 aromatic carbocycles. The highest BCUT2D eigenvalue weighted by atomic mass is 16.6. The summed E-state index contributed by atoms with van der Waals surface area (Å²) in [5, 5.41) is 0. The molecule has 2 saturated heterocycles. The lowest BCUT2D eigenvalue weighted by Gasteiger charge is -2.53. The average molecular weight is 644 g/mol. The Morgan fingerprint density at radius 3 is 2.24 bits per heavy atom. The molecule has 0 aliphatic carbocycles. The first-order chi connectivity index (χ1) is 21.8. The van der Waals surface area contributed by atoms with Gasteiger partial charge >= 0.3 is 12.1 Å². The van der Waals surface area contributed by atoms with Crippen molar-refractivity contribution in [2.45, 2.75) is 66.1 Å². The highest BCUT2D eigenvalue weighted by Gasteiger charge is 2.60. The van der Waals surface area contributed by atoms with Gasteiger partial charge in [-0.15, -0.1) is 0 Å². The van der Waals surface area contributed by atoms with Gasteiger partial charge in [-0.2, -0.15) is 0 Å². The number of fused-ring (bicyclic) bond motifs is 1. The van der Waals surface area contributed by atoms with Crippen molar-refractivity contribution in [1.82, 2.24) is 14.7 Å². The predicted octanol–water partition coefficient (Wildman–Crippen LogP) is 3.66. The van der Waals surface area contributed by atoms with Crippen molar-refractivity contribution in [3.63, 3.8) is 0 Å². The predicted molar refractivity (Wildman–Crippen MR) is 169 cm³/mol. The van der Waals surface area contributed by atoms with E-state index in [2.05, 4.69) is 0 Å². The summed E-state index contributed by atoms with van der Waals surface area (Å²) in [4.78, 5) is 58.9. The van der Waals surface area contributed by atoms with Gasteiger partial charge in [0, 0.05) is 50.8 Å². The number of carbonyl (C=O) groups excluding carboxylic acids is 4. The molecule has 254 valence electrons. The van der Waals surface area contributed by atoms with Crippen LogP contribution in [0.25, 0.3) is 0 Å². The van der Waals surface area contributed by atoms with Gasteiger partial charge in [0.15, 0.2) is 11.5 Å². The van der Waals surface area contributed by atoms with E-state index >= 15 is 0 Å². The van der Waals surface area contributed by atoms with Gasteiger partial charge in [0.25, 0.3) is 0 Å². The number of hydrogen-bond donors (Lipinski definition) is 0. The van der Waals surface area contributed by atoms with Gasteiger partial charge in [-0.05, 0) is 55.9 Å². The molecule has 3 aliphatic heterocycles. The minimum Gasteiger partial charge on any atom is -0.493 e. The molecule has 2 fully saturated rings. The maximum Gasteiger partial charge on any atom is 0.409 e. The topological polar surface area (TPSA) is 124 Å². The van der Waals surface area contributed by atoms with Gasteiger partial charge in [-0.25, -0.2) is 4.79 Å². The second kappa shape index (κ2) is 14.3. The number of rotatable bonds is 9. The zero-order valence-corrected chi connectivity index (χ0v) is 28.4. The number of ether oxygens (including phenoxy) is 5. The van der Waals surface area contributed by atoms with E-state index in [1.54, 1.807) is 35.8 Å². The van der Waals surface area contributed by atoms with Gasteiger partial charge in [0.05, 0.1) is 40.1 Å². The van der Waals surface area contributed by atoms with E-state index in [-0.39, 0.29) is 49.3 Å².